The molecule has 1 heterocycles. The number of nitrogens with zero attached hydrogens (tertiary/aromatic N) is 2. The summed E-state index contributed by atoms with van der Waals surface area (Å²) in [6, 6.07) is 19.1. The maximum atomic E-state index is 13.3. The van der Waals surface area contributed by atoms with Crippen molar-refractivity contribution < 1.29 is 37.0 Å². The van der Waals surface area contributed by atoms with E-state index in [0.29, 0.717) is 17.9 Å². The van der Waals surface area contributed by atoms with Crippen molar-refractivity contribution in [1.82, 2.24) is 0 Å². The van der Waals surface area contributed by atoms with Gasteiger partial charge in [0.15, 0.2) is 6.61 Å². The van der Waals surface area contributed by atoms with Crippen LogP contribution in [0, 0.1) is 0 Å². The summed E-state index contributed by atoms with van der Waals surface area (Å²) in [6.45, 7) is 0.395. The summed E-state index contributed by atoms with van der Waals surface area (Å²) in [5.41, 5.74) is -0.265. The predicted molar refractivity (Wildman–Crippen MR) is 134 cm³/mol. The van der Waals surface area contributed by atoms with Crippen LogP contribution in [0.5, 0.6) is 5.75 Å². The Morgan fingerprint density at radius 2 is 1.79 bits per heavy atom. The molecule has 3 aromatic rings. The van der Waals surface area contributed by atoms with E-state index in [1.807, 2.05) is 0 Å². The fourth-order valence-electron chi connectivity index (χ4n) is 3.68. The number of halogens is 3. The average Bonchev–Trinajstić information content (AvgIpc) is 3.45. The van der Waals surface area contributed by atoms with E-state index in [2.05, 4.69) is 5.10 Å². The van der Waals surface area contributed by atoms with Gasteiger partial charge in [-0.25, -0.2) is 4.79 Å². The lowest BCUT2D eigenvalue weighted by Gasteiger charge is -2.18. The molecule has 0 N–H and O–H groups in total. The lowest BCUT2D eigenvalue weighted by Crippen LogP contribution is -2.31. The standard InChI is InChI=1S/C28H25F3N2O5/c29-28(30,31)22-8-4-9-23(16-22)33(32-17-20-6-2-1-3-7-20)26(34)19-38-27(35)21-11-13-24(14-12-21)37-18-25-10-5-15-36-25/h1-4,6-9,11-14,16-17,25H,5,10,15,18-19H2/b32-17+. The van der Waals surface area contributed by atoms with Crippen LogP contribution in [0.15, 0.2) is 84.0 Å². The molecule has 1 aliphatic heterocycles. The minimum Gasteiger partial charge on any atom is -0.491 e. The Morgan fingerprint density at radius 3 is 2.47 bits per heavy atom. The number of ether oxygens (including phenoxy) is 3. The molecule has 1 atom stereocenters. The van der Waals surface area contributed by atoms with E-state index >= 15 is 0 Å². The molecule has 3 aromatic carbocycles. The van der Waals surface area contributed by atoms with Crippen molar-refractivity contribution in [3.8, 4) is 5.75 Å². The normalized spacial score (nSPS) is 15.4. The highest BCUT2D eigenvalue weighted by molar-refractivity contribution is 5.98. The second-order valence-electron chi connectivity index (χ2n) is 8.46. The summed E-state index contributed by atoms with van der Waals surface area (Å²) in [5, 5.41) is 4.85. The Morgan fingerprint density at radius 1 is 1.03 bits per heavy atom. The number of rotatable bonds is 9. The third-order valence-corrected chi connectivity index (χ3v) is 5.65. The Labute approximate surface area is 217 Å². The van der Waals surface area contributed by atoms with E-state index < -0.39 is 30.2 Å². The molecule has 0 radical (unpaired) electrons. The van der Waals surface area contributed by atoms with Crippen molar-refractivity contribution in [1.29, 1.82) is 0 Å². The molecule has 1 saturated heterocycles. The van der Waals surface area contributed by atoms with Crippen molar-refractivity contribution in [2.24, 2.45) is 5.10 Å². The quantitative estimate of drug-likeness (QED) is 0.209. The van der Waals surface area contributed by atoms with Crippen LogP contribution in [-0.2, 0) is 20.4 Å². The molecule has 198 valence electrons. The van der Waals surface area contributed by atoms with Gasteiger partial charge in [-0.2, -0.15) is 23.3 Å². The first-order valence-corrected chi connectivity index (χ1v) is 11.9. The molecule has 1 unspecified atom stereocenters. The molecule has 0 spiro atoms. The van der Waals surface area contributed by atoms with Gasteiger partial charge in [0.05, 0.1) is 29.1 Å². The average molecular weight is 527 g/mol. The highest BCUT2D eigenvalue weighted by atomic mass is 19.4. The van der Waals surface area contributed by atoms with Crippen molar-refractivity contribution in [2.45, 2.75) is 25.1 Å². The molecule has 1 fully saturated rings. The fourth-order valence-corrected chi connectivity index (χ4v) is 3.68. The number of hydrogen-bond donors (Lipinski definition) is 0. The second kappa shape index (κ2) is 12.4. The smallest absolute Gasteiger partial charge is 0.416 e. The number of hydrazone groups is 1. The van der Waals surface area contributed by atoms with E-state index in [0.717, 1.165) is 36.6 Å². The van der Waals surface area contributed by atoms with Crippen LogP contribution in [0.4, 0.5) is 18.9 Å². The first kappa shape index (κ1) is 26.9. The van der Waals surface area contributed by atoms with Gasteiger partial charge in [0.1, 0.15) is 12.4 Å². The molecule has 0 bridgehead atoms. The number of carbonyl (C=O) groups is 2. The molecular formula is C28H25F3N2O5. The molecule has 38 heavy (non-hydrogen) atoms. The molecule has 10 heteroatoms. The number of hydrogen-bond acceptors (Lipinski definition) is 6. The Kier molecular flexibility index (Phi) is 8.75. The summed E-state index contributed by atoms with van der Waals surface area (Å²) in [5.74, 6) is -1.06. The van der Waals surface area contributed by atoms with E-state index in [1.165, 1.54) is 30.5 Å². The molecule has 0 aliphatic carbocycles. The minimum absolute atomic E-state index is 0.0509. The third kappa shape index (κ3) is 7.42. The molecule has 1 aliphatic rings. The molecule has 1 amide bonds. The van der Waals surface area contributed by atoms with Crippen LogP contribution in [0.3, 0.4) is 0 Å². The predicted octanol–water partition coefficient (Wildman–Crippen LogP) is 5.49. The zero-order valence-electron chi connectivity index (χ0n) is 20.3. The van der Waals surface area contributed by atoms with Gasteiger partial charge < -0.3 is 14.2 Å². The summed E-state index contributed by atoms with van der Waals surface area (Å²) >= 11 is 0. The zero-order chi connectivity index (χ0) is 27.0. The number of esters is 1. The lowest BCUT2D eigenvalue weighted by atomic mass is 10.2. The second-order valence-corrected chi connectivity index (χ2v) is 8.46. The Bertz CT molecular complexity index is 1260. The van der Waals surface area contributed by atoms with Crippen LogP contribution in [0.1, 0.15) is 34.3 Å². The topological polar surface area (TPSA) is 77.4 Å². The van der Waals surface area contributed by atoms with E-state index in [4.69, 9.17) is 14.2 Å². The van der Waals surface area contributed by atoms with Crippen molar-refractivity contribution in [3.05, 3.63) is 95.6 Å². The van der Waals surface area contributed by atoms with Gasteiger partial charge in [-0.05, 0) is 60.9 Å². The molecule has 0 aromatic heterocycles. The van der Waals surface area contributed by atoms with Gasteiger partial charge in [0.25, 0.3) is 5.91 Å². The largest absolute Gasteiger partial charge is 0.491 e. The Balaban J connectivity index is 1.42. The number of alkyl halides is 3. The van der Waals surface area contributed by atoms with Gasteiger partial charge in [0, 0.05) is 6.61 Å². The van der Waals surface area contributed by atoms with Crippen molar-refractivity contribution >= 4 is 23.8 Å². The van der Waals surface area contributed by atoms with Crippen LogP contribution >= 0.6 is 0 Å². The summed E-state index contributed by atoms with van der Waals surface area (Å²) in [4.78, 5) is 25.5. The van der Waals surface area contributed by atoms with Crippen LogP contribution in [-0.4, -0.2) is 44.0 Å². The highest BCUT2D eigenvalue weighted by Crippen LogP contribution is 2.32. The number of anilines is 1. The van der Waals surface area contributed by atoms with E-state index in [-0.39, 0.29) is 17.4 Å². The fraction of sp³-hybridized carbons (Fsp3) is 0.250. The number of carbonyl (C=O) groups excluding carboxylic acids is 2. The van der Waals surface area contributed by atoms with Gasteiger partial charge >= 0.3 is 12.1 Å². The maximum absolute atomic E-state index is 13.3. The summed E-state index contributed by atoms with van der Waals surface area (Å²) < 4.78 is 56.1. The molecular weight excluding hydrogens is 501 g/mol. The lowest BCUT2D eigenvalue weighted by molar-refractivity contribution is -0.137. The summed E-state index contributed by atoms with van der Waals surface area (Å²) in [7, 11) is 0. The van der Waals surface area contributed by atoms with Gasteiger partial charge in [-0.15, -0.1) is 0 Å². The molecule has 0 saturated carbocycles. The SMILES string of the molecule is O=C(OCC(=O)N(/N=C/c1ccccc1)c1cccc(C(F)(F)F)c1)c1ccc(OCC2CCCO2)cc1. The maximum Gasteiger partial charge on any atom is 0.416 e. The van der Waals surface area contributed by atoms with E-state index in [1.54, 1.807) is 42.5 Å². The zero-order valence-corrected chi connectivity index (χ0v) is 20.3. The van der Waals surface area contributed by atoms with Crippen LogP contribution in [0.25, 0.3) is 0 Å². The van der Waals surface area contributed by atoms with Crippen LogP contribution < -0.4 is 9.75 Å². The third-order valence-electron chi connectivity index (χ3n) is 5.65. The van der Waals surface area contributed by atoms with Gasteiger partial charge in [-0.3, -0.25) is 4.79 Å². The minimum atomic E-state index is -4.61. The highest BCUT2D eigenvalue weighted by Gasteiger charge is 2.31. The monoisotopic (exact) mass is 526 g/mol. The summed E-state index contributed by atoms with van der Waals surface area (Å²) in [6.07, 6.45) is -1.30. The number of benzene rings is 3. The Hall–Kier alpha value is -4.18. The molecule has 4 rings (SSSR count). The van der Waals surface area contributed by atoms with Crippen molar-refractivity contribution in [2.75, 3.05) is 24.8 Å². The first-order valence-electron chi connectivity index (χ1n) is 11.9. The number of amides is 1. The van der Waals surface area contributed by atoms with E-state index in [9.17, 15) is 22.8 Å². The van der Waals surface area contributed by atoms with Gasteiger partial charge in [-0.1, -0.05) is 36.4 Å². The van der Waals surface area contributed by atoms with Crippen LogP contribution in [0.2, 0.25) is 0 Å². The first-order chi connectivity index (χ1) is 18.3. The molecule has 7 nitrogen and oxygen atoms in total. The van der Waals surface area contributed by atoms with Gasteiger partial charge in [0.2, 0.25) is 0 Å². The van der Waals surface area contributed by atoms with Crippen molar-refractivity contribution in [3.63, 3.8) is 0 Å².